The molecule has 0 spiro atoms. The summed E-state index contributed by atoms with van der Waals surface area (Å²) in [7, 11) is 1.43. The molecule has 1 rings (SSSR count). The summed E-state index contributed by atoms with van der Waals surface area (Å²) < 4.78 is 4.95. The van der Waals surface area contributed by atoms with E-state index in [-0.39, 0.29) is 12.0 Å². The van der Waals surface area contributed by atoms with Gasteiger partial charge in [0.1, 0.15) is 5.75 Å². The first kappa shape index (κ1) is 12.6. The number of primary amides is 1. The summed E-state index contributed by atoms with van der Waals surface area (Å²) in [4.78, 5) is 21.3. The van der Waals surface area contributed by atoms with Gasteiger partial charge in [-0.1, -0.05) is 11.8 Å². The highest BCUT2D eigenvalue weighted by Crippen LogP contribution is 2.16. The summed E-state index contributed by atoms with van der Waals surface area (Å²) in [6.45, 7) is 0. The Kier molecular flexibility index (Phi) is 4.12. The van der Waals surface area contributed by atoms with Crippen molar-refractivity contribution in [3.8, 4) is 17.6 Å². The lowest BCUT2D eigenvalue weighted by molar-refractivity contribution is -0.117. The number of benzene rings is 1. The fourth-order valence-corrected chi connectivity index (χ4v) is 1.15. The Balaban J connectivity index is 3.05. The normalized spacial score (nSPS) is 9.00. The van der Waals surface area contributed by atoms with E-state index in [4.69, 9.17) is 15.6 Å². The Morgan fingerprint density at radius 1 is 1.41 bits per heavy atom. The maximum atomic E-state index is 10.8. The molecule has 5 heteroatoms. The summed E-state index contributed by atoms with van der Waals surface area (Å²) in [6.07, 6.45) is -0.0698. The molecule has 0 aliphatic rings. The van der Waals surface area contributed by atoms with Gasteiger partial charge in [0.2, 0.25) is 5.91 Å². The number of aromatic carboxylic acids is 1. The second kappa shape index (κ2) is 5.56. The molecule has 1 aromatic carbocycles. The largest absolute Gasteiger partial charge is 0.497 e. The average molecular weight is 233 g/mol. The van der Waals surface area contributed by atoms with Crippen LogP contribution < -0.4 is 10.5 Å². The molecule has 17 heavy (non-hydrogen) atoms. The van der Waals surface area contributed by atoms with Crippen LogP contribution in [0.2, 0.25) is 0 Å². The van der Waals surface area contributed by atoms with Crippen LogP contribution >= 0.6 is 0 Å². The van der Waals surface area contributed by atoms with Gasteiger partial charge in [-0.25, -0.2) is 4.79 Å². The zero-order valence-corrected chi connectivity index (χ0v) is 9.19. The van der Waals surface area contributed by atoms with Gasteiger partial charge in [-0.15, -0.1) is 0 Å². The first-order valence-corrected chi connectivity index (χ1v) is 4.72. The van der Waals surface area contributed by atoms with Gasteiger partial charge in [-0.3, -0.25) is 4.79 Å². The van der Waals surface area contributed by atoms with E-state index in [1.807, 2.05) is 0 Å². The van der Waals surface area contributed by atoms with Crippen molar-refractivity contribution in [3.63, 3.8) is 0 Å². The van der Waals surface area contributed by atoms with Crippen molar-refractivity contribution >= 4 is 11.9 Å². The van der Waals surface area contributed by atoms with Gasteiger partial charge in [0.25, 0.3) is 0 Å². The van der Waals surface area contributed by atoms with Gasteiger partial charge in [0.15, 0.2) is 0 Å². The highest BCUT2D eigenvalue weighted by molar-refractivity contribution is 5.88. The van der Waals surface area contributed by atoms with Crippen LogP contribution in [0.3, 0.4) is 0 Å². The van der Waals surface area contributed by atoms with Gasteiger partial charge in [-0.05, 0) is 18.2 Å². The molecule has 0 aliphatic carbocycles. The Bertz CT molecular complexity index is 511. The fraction of sp³-hybridized carbons (Fsp3) is 0.167. The van der Waals surface area contributed by atoms with Crippen molar-refractivity contribution in [1.29, 1.82) is 0 Å². The molecule has 88 valence electrons. The molecule has 1 aromatic rings. The lowest BCUT2D eigenvalue weighted by atomic mass is 10.1. The molecule has 0 saturated heterocycles. The van der Waals surface area contributed by atoms with Crippen LogP contribution in [0.15, 0.2) is 18.2 Å². The van der Waals surface area contributed by atoms with Crippen LogP contribution in [0.4, 0.5) is 0 Å². The number of carbonyl (C=O) groups excluding carboxylic acids is 1. The number of methoxy groups -OCH3 is 1. The van der Waals surface area contributed by atoms with E-state index in [0.717, 1.165) is 0 Å². The summed E-state index contributed by atoms with van der Waals surface area (Å²) in [6, 6.07) is 4.38. The number of carboxylic acid groups (broad SMARTS) is 1. The minimum Gasteiger partial charge on any atom is -0.497 e. The van der Waals surface area contributed by atoms with Gasteiger partial charge < -0.3 is 15.6 Å². The molecule has 3 N–H and O–H groups in total. The molecule has 0 aliphatic heterocycles. The van der Waals surface area contributed by atoms with Crippen molar-refractivity contribution in [1.82, 2.24) is 0 Å². The van der Waals surface area contributed by atoms with E-state index >= 15 is 0 Å². The Labute approximate surface area is 98.2 Å². The van der Waals surface area contributed by atoms with Gasteiger partial charge in [0.05, 0.1) is 19.1 Å². The summed E-state index contributed by atoms with van der Waals surface area (Å²) >= 11 is 0. The van der Waals surface area contributed by atoms with Gasteiger partial charge >= 0.3 is 5.97 Å². The second-order valence-corrected chi connectivity index (χ2v) is 3.20. The molecule has 0 heterocycles. The number of hydrogen-bond donors (Lipinski definition) is 2. The topological polar surface area (TPSA) is 89.6 Å². The van der Waals surface area contributed by atoms with E-state index in [0.29, 0.717) is 11.3 Å². The minimum absolute atomic E-state index is 0.0698. The molecule has 0 atom stereocenters. The van der Waals surface area contributed by atoms with Crippen molar-refractivity contribution in [2.24, 2.45) is 5.73 Å². The zero-order valence-electron chi connectivity index (χ0n) is 9.19. The first-order valence-electron chi connectivity index (χ1n) is 4.72. The predicted molar refractivity (Wildman–Crippen MR) is 60.6 cm³/mol. The fourth-order valence-electron chi connectivity index (χ4n) is 1.15. The third kappa shape index (κ3) is 3.87. The maximum absolute atomic E-state index is 10.8. The molecule has 0 fully saturated rings. The van der Waals surface area contributed by atoms with E-state index in [1.165, 1.54) is 19.2 Å². The average Bonchev–Trinajstić information content (AvgIpc) is 2.28. The smallest absolute Gasteiger partial charge is 0.335 e. The SMILES string of the molecule is COc1cc(C#CCC(N)=O)cc(C(=O)O)c1. The number of carbonyl (C=O) groups is 2. The maximum Gasteiger partial charge on any atom is 0.335 e. The van der Waals surface area contributed by atoms with Crippen LogP contribution in [-0.4, -0.2) is 24.1 Å². The van der Waals surface area contributed by atoms with Crippen LogP contribution in [0.5, 0.6) is 5.75 Å². The number of hydrogen-bond acceptors (Lipinski definition) is 3. The highest BCUT2D eigenvalue weighted by Gasteiger charge is 2.06. The van der Waals surface area contributed by atoms with E-state index in [1.54, 1.807) is 6.07 Å². The van der Waals surface area contributed by atoms with Crippen LogP contribution in [0, 0.1) is 11.8 Å². The summed E-state index contributed by atoms with van der Waals surface area (Å²) in [5.74, 6) is 4.00. The predicted octanol–water partition coefficient (Wildman–Crippen LogP) is 0.620. The first-order chi connectivity index (χ1) is 8.02. The lowest BCUT2D eigenvalue weighted by Gasteiger charge is -2.02. The second-order valence-electron chi connectivity index (χ2n) is 3.20. The molecule has 0 aromatic heterocycles. The van der Waals surface area contributed by atoms with Crippen LogP contribution in [-0.2, 0) is 4.79 Å². The van der Waals surface area contributed by atoms with Crippen molar-refractivity contribution < 1.29 is 19.4 Å². The molecule has 0 bridgehead atoms. The Morgan fingerprint density at radius 2 is 2.12 bits per heavy atom. The van der Waals surface area contributed by atoms with E-state index in [9.17, 15) is 9.59 Å². The molecular formula is C12H11NO4. The van der Waals surface area contributed by atoms with Crippen LogP contribution in [0.25, 0.3) is 0 Å². The third-order valence-electron chi connectivity index (χ3n) is 1.88. The zero-order chi connectivity index (χ0) is 12.8. The molecule has 1 amide bonds. The summed E-state index contributed by atoms with van der Waals surface area (Å²) in [5, 5.41) is 8.87. The molecule has 0 radical (unpaired) electrons. The molecular weight excluding hydrogens is 222 g/mol. The number of nitrogens with two attached hydrogens (primary N) is 1. The Hall–Kier alpha value is -2.48. The van der Waals surface area contributed by atoms with Crippen LogP contribution in [0.1, 0.15) is 22.3 Å². The number of amides is 1. The minimum atomic E-state index is -1.07. The quantitative estimate of drug-likeness (QED) is 0.749. The van der Waals surface area contributed by atoms with Crippen molar-refractivity contribution in [3.05, 3.63) is 29.3 Å². The Morgan fingerprint density at radius 3 is 2.65 bits per heavy atom. The number of ether oxygens (including phenoxy) is 1. The molecule has 0 saturated carbocycles. The number of rotatable bonds is 3. The van der Waals surface area contributed by atoms with E-state index in [2.05, 4.69) is 11.8 Å². The summed E-state index contributed by atoms with van der Waals surface area (Å²) in [5.41, 5.74) is 5.47. The van der Waals surface area contributed by atoms with Crippen molar-refractivity contribution in [2.75, 3.05) is 7.11 Å². The van der Waals surface area contributed by atoms with Gasteiger partial charge in [0, 0.05) is 5.56 Å². The monoisotopic (exact) mass is 233 g/mol. The van der Waals surface area contributed by atoms with Gasteiger partial charge in [-0.2, -0.15) is 0 Å². The highest BCUT2D eigenvalue weighted by atomic mass is 16.5. The molecule has 0 unspecified atom stereocenters. The molecule has 5 nitrogen and oxygen atoms in total. The number of carboxylic acids is 1. The van der Waals surface area contributed by atoms with Crippen molar-refractivity contribution in [2.45, 2.75) is 6.42 Å². The lowest BCUT2D eigenvalue weighted by Crippen LogP contribution is -2.08. The van der Waals surface area contributed by atoms with E-state index < -0.39 is 11.9 Å². The standard InChI is InChI=1S/C12H11NO4/c1-17-10-6-8(3-2-4-11(13)14)5-9(7-10)12(15)16/h5-7H,4H2,1H3,(H2,13,14)(H,15,16). The third-order valence-corrected chi connectivity index (χ3v) is 1.88.